The molecule has 0 aromatic heterocycles. The lowest BCUT2D eigenvalue weighted by Crippen LogP contribution is -1.94. The number of phenols is 4. The Morgan fingerprint density at radius 1 is 0.458 bits per heavy atom. The SMILES string of the molecule is CS(C)=O.Nc1ccc(C(=O)/C=C/c2ccc(O)cc2)cc1.O=C(/C=C/c1ccc(O)cc1)c1ccc(CO)cc1.O=C(/C=C/c1ccc(O)cc1)c1ccc(O)cc1. The fourth-order valence-electron chi connectivity index (χ4n) is 4.61. The van der Waals surface area contributed by atoms with Crippen LogP contribution in [-0.4, -0.2) is 59.6 Å². The number of rotatable bonds is 10. The minimum atomic E-state index is -0.611. The van der Waals surface area contributed by atoms with Gasteiger partial charge in [0, 0.05) is 45.7 Å². The molecule has 59 heavy (non-hydrogen) atoms. The smallest absolute Gasteiger partial charge is 0.185 e. The van der Waals surface area contributed by atoms with Crippen molar-refractivity contribution in [2.24, 2.45) is 0 Å². The van der Waals surface area contributed by atoms with Crippen LogP contribution in [0.3, 0.4) is 0 Å². The monoisotopic (exact) mass is 811 g/mol. The number of hydrogen-bond acceptors (Lipinski definition) is 10. The van der Waals surface area contributed by atoms with Crippen molar-refractivity contribution in [3.63, 3.8) is 0 Å². The van der Waals surface area contributed by atoms with E-state index < -0.39 is 10.8 Å². The van der Waals surface area contributed by atoms with Crippen molar-refractivity contribution >= 4 is 52.1 Å². The van der Waals surface area contributed by atoms with E-state index in [1.165, 1.54) is 30.4 Å². The predicted molar refractivity (Wildman–Crippen MR) is 236 cm³/mol. The summed E-state index contributed by atoms with van der Waals surface area (Å²) in [5.74, 6) is 0.412. The summed E-state index contributed by atoms with van der Waals surface area (Å²) in [6.07, 6.45) is 12.8. The largest absolute Gasteiger partial charge is 0.508 e. The maximum Gasteiger partial charge on any atom is 0.185 e. The van der Waals surface area contributed by atoms with Crippen LogP contribution in [0, 0.1) is 0 Å². The highest BCUT2D eigenvalue weighted by Gasteiger charge is 2.03. The molecule has 0 fully saturated rings. The zero-order valence-corrected chi connectivity index (χ0v) is 33.2. The number of nitrogens with two attached hydrogens (primary N) is 1. The van der Waals surface area contributed by atoms with Crippen LogP contribution in [0.15, 0.2) is 164 Å². The van der Waals surface area contributed by atoms with Crippen LogP contribution in [0.5, 0.6) is 23.0 Å². The van der Waals surface area contributed by atoms with Crippen molar-refractivity contribution in [3.8, 4) is 23.0 Å². The number of nitrogen functional groups attached to an aromatic ring is 1. The van der Waals surface area contributed by atoms with E-state index in [4.69, 9.17) is 31.3 Å². The van der Waals surface area contributed by atoms with E-state index in [1.807, 2.05) is 0 Å². The topological polar surface area (TPSA) is 195 Å². The van der Waals surface area contributed by atoms with Gasteiger partial charge in [-0.05, 0) is 125 Å². The maximum atomic E-state index is 11.9. The molecule has 0 spiro atoms. The third-order valence-corrected chi connectivity index (χ3v) is 7.73. The van der Waals surface area contributed by atoms with Crippen LogP contribution in [-0.2, 0) is 17.4 Å². The minimum Gasteiger partial charge on any atom is -0.508 e. The van der Waals surface area contributed by atoms with Crippen molar-refractivity contribution in [3.05, 3.63) is 203 Å². The van der Waals surface area contributed by atoms with E-state index in [2.05, 4.69) is 0 Å². The second-order valence-corrected chi connectivity index (χ2v) is 14.1. The summed E-state index contributed by atoms with van der Waals surface area (Å²) in [6.45, 7) is -0.0299. The lowest BCUT2D eigenvalue weighted by Gasteiger charge is -1.98. The lowest BCUT2D eigenvalue weighted by molar-refractivity contribution is 0.103. The number of benzene rings is 6. The molecule has 6 aromatic rings. The van der Waals surface area contributed by atoms with Gasteiger partial charge in [0.05, 0.1) is 6.61 Å². The van der Waals surface area contributed by atoms with Crippen LogP contribution in [0.4, 0.5) is 5.69 Å². The Hall–Kier alpha value is -7.34. The zero-order chi connectivity index (χ0) is 43.2. The molecular formula is C48H45NO9S. The van der Waals surface area contributed by atoms with Crippen molar-refractivity contribution in [2.45, 2.75) is 6.61 Å². The fraction of sp³-hybridized carbons (Fsp3) is 0.0625. The molecule has 0 amide bonds. The van der Waals surface area contributed by atoms with Crippen LogP contribution in [0.25, 0.3) is 18.2 Å². The van der Waals surface area contributed by atoms with E-state index in [1.54, 1.807) is 164 Å². The molecule has 0 aliphatic rings. The number of aromatic hydroxyl groups is 4. The average Bonchev–Trinajstić information content (AvgIpc) is 3.23. The minimum absolute atomic E-state index is 0.0299. The van der Waals surface area contributed by atoms with Crippen molar-refractivity contribution in [2.75, 3.05) is 18.2 Å². The van der Waals surface area contributed by atoms with Gasteiger partial charge in [0.25, 0.3) is 0 Å². The molecule has 11 heteroatoms. The number of carbonyl (C=O) groups is 3. The third-order valence-electron chi connectivity index (χ3n) is 7.73. The summed E-state index contributed by atoms with van der Waals surface area (Å²) in [7, 11) is -0.611. The summed E-state index contributed by atoms with van der Waals surface area (Å²) in [5.41, 5.74) is 11.2. The van der Waals surface area contributed by atoms with Gasteiger partial charge in [-0.3, -0.25) is 18.6 Å². The summed E-state index contributed by atoms with van der Waals surface area (Å²) in [6, 6.07) is 39.5. The second-order valence-electron chi connectivity index (χ2n) is 12.6. The van der Waals surface area contributed by atoms with Crippen LogP contribution < -0.4 is 5.73 Å². The first kappa shape index (κ1) is 46.0. The van der Waals surface area contributed by atoms with Gasteiger partial charge in [-0.25, -0.2) is 0 Å². The van der Waals surface area contributed by atoms with Gasteiger partial charge in [0.1, 0.15) is 23.0 Å². The Labute approximate surface area is 345 Å². The Balaban J connectivity index is 0.000000226. The predicted octanol–water partition coefficient (Wildman–Crippen LogP) is 8.64. The van der Waals surface area contributed by atoms with E-state index in [9.17, 15) is 18.6 Å². The molecule has 302 valence electrons. The molecule has 0 saturated heterocycles. The molecule has 0 radical (unpaired) electrons. The van der Waals surface area contributed by atoms with E-state index in [-0.39, 0.29) is 47.0 Å². The summed E-state index contributed by atoms with van der Waals surface area (Å²) >= 11 is 0. The van der Waals surface area contributed by atoms with Gasteiger partial charge in [0.15, 0.2) is 17.3 Å². The molecule has 6 aromatic carbocycles. The maximum absolute atomic E-state index is 11.9. The summed E-state index contributed by atoms with van der Waals surface area (Å²) in [5, 5.41) is 45.5. The Morgan fingerprint density at radius 3 is 0.966 bits per heavy atom. The van der Waals surface area contributed by atoms with E-state index in [0.29, 0.717) is 22.4 Å². The van der Waals surface area contributed by atoms with Crippen LogP contribution >= 0.6 is 0 Å². The molecule has 0 saturated carbocycles. The molecule has 0 unspecified atom stereocenters. The highest BCUT2D eigenvalue weighted by molar-refractivity contribution is 7.83. The number of aliphatic hydroxyl groups excluding tert-OH is 1. The molecule has 0 aliphatic carbocycles. The highest BCUT2D eigenvalue weighted by atomic mass is 32.2. The van der Waals surface area contributed by atoms with Gasteiger partial charge >= 0.3 is 0 Å². The number of aliphatic hydroxyl groups is 1. The molecule has 0 aliphatic heterocycles. The Morgan fingerprint density at radius 2 is 0.695 bits per heavy atom. The molecule has 10 nitrogen and oxygen atoms in total. The molecule has 7 N–H and O–H groups in total. The normalized spacial score (nSPS) is 10.6. The number of allylic oxidation sites excluding steroid dienone is 3. The number of carbonyl (C=O) groups excluding carboxylic acids is 3. The van der Waals surface area contributed by atoms with Gasteiger partial charge in [-0.2, -0.15) is 0 Å². The Bertz CT molecular complexity index is 2240. The van der Waals surface area contributed by atoms with Gasteiger partial charge in [-0.1, -0.05) is 78.9 Å². The molecule has 0 heterocycles. The Kier molecular flexibility index (Phi) is 19.0. The highest BCUT2D eigenvalue weighted by Crippen LogP contribution is 2.15. The van der Waals surface area contributed by atoms with Crippen molar-refractivity contribution < 1.29 is 44.1 Å². The fourth-order valence-corrected chi connectivity index (χ4v) is 4.61. The third kappa shape index (κ3) is 18.0. The quantitative estimate of drug-likeness (QED) is 0.0443. The van der Waals surface area contributed by atoms with Crippen molar-refractivity contribution in [1.82, 2.24) is 0 Å². The van der Waals surface area contributed by atoms with E-state index in [0.717, 1.165) is 22.3 Å². The number of phenolic OH excluding ortho intramolecular Hbond substituents is 4. The van der Waals surface area contributed by atoms with Gasteiger partial charge in [-0.15, -0.1) is 0 Å². The molecular weight excluding hydrogens is 767 g/mol. The van der Waals surface area contributed by atoms with Crippen LogP contribution in [0.1, 0.15) is 53.3 Å². The molecule has 0 atom stereocenters. The van der Waals surface area contributed by atoms with Gasteiger partial charge < -0.3 is 31.3 Å². The van der Waals surface area contributed by atoms with Crippen molar-refractivity contribution in [1.29, 1.82) is 0 Å². The van der Waals surface area contributed by atoms with Crippen LogP contribution in [0.2, 0.25) is 0 Å². The second kappa shape index (κ2) is 24.3. The zero-order valence-electron chi connectivity index (χ0n) is 32.4. The van der Waals surface area contributed by atoms with Gasteiger partial charge in [0.2, 0.25) is 0 Å². The number of ketones is 3. The molecule has 0 bridgehead atoms. The lowest BCUT2D eigenvalue weighted by atomic mass is 10.1. The summed E-state index contributed by atoms with van der Waals surface area (Å²) in [4.78, 5) is 35.5. The first-order chi connectivity index (χ1) is 28.2. The molecule has 6 rings (SSSR count). The average molecular weight is 812 g/mol. The summed E-state index contributed by atoms with van der Waals surface area (Å²) < 4.78 is 9.56. The number of hydrogen-bond donors (Lipinski definition) is 6. The number of anilines is 1. The standard InChI is InChI=1S/C16H14O3.C15H13NO2.C15H12O3.C2H6OS/c17-11-13-1-6-14(7-2-13)16(19)10-5-12-3-8-15(18)9-4-12;16-13-6-4-12(5-7-13)15(18)10-3-11-1-8-14(17)9-2-11;16-13-6-1-11(2-7-13)3-10-15(18)12-4-8-14(17)9-5-12;1-4(2)3/h1-10,17-18H,11H2;1-10,17H,16H2;1-10,16-17H;1-2H3/b10-5+;2*10-3+;. The first-order valence-corrected chi connectivity index (χ1v) is 19.8. The van der Waals surface area contributed by atoms with E-state index >= 15 is 0 Å². The first-order valence-electron chi connectivity index (χ1n) is 17.9.